The number of hydrogen-bond donors (Lipinski definition) is 0. The SMILES string of the molecule is C=Cn1ccc([N+](=O)[O-])n1. The Labute approximate surface area is 56.7 Å². The third kappa shape index (κ3) is 1.02. The summed E-state index contributed by atoms with van der Waals surface area (Å²) in [5, 5.41) is 13.6. The molecule has 1 heterocycles. The second-order valence-corrected chi connectivity index (χ2v) is 1.59. The molecule has 1 aromatic heterocycles. The first-order chi connectivity index (χ1) is 4.74. The zero-order valence-corrected chi connectivity index (χ0v) is 5.10. The van der Waals surface area contributed by atoms with E-state index < -0.39 is 4.92 Å². The molecule has 0 aliphatic heterocycles. The summed E-state index contributed by atoms with van der Waals surface area (Å²) >= 11 is 0. The van der Waals surface area contributed by atoms with Crippen molar-refractivity contribution in [1.82, 2.24) is 9.78 Å². The fourth-order valence-electron chi connectivity index (χ4n) is 0.527. The molecule has 0 saturated carbocycles. The van der Waals surface area contributed by atoms with E-state index in [9.17, 15) is 10.1 Å². The van der Waals surface area contributed by atoms with Crippen LogP contribution in [0.15, 0.2) is 18.8 Å². The van der Waals surface area contributed by atoms with Gasteiger partial charge in [0.1, 0.15) is 0 Å². The highest BCUT2D eigenvalue weighted by Crippen LogP contribution is 2.04. The van der Waals surface area contributed by atoms with Crippen LogP contribution in [0.5, 0.6) is 0 Å². The van der Waals surface area contributed by atoms with Gasteiger partial charge >= 0.3 is 5.82 Å². The summed E-state index contributed by atoms with van der Waals surface area (Å²) in [6, 6.07) is 1.31. The summed E-state index contributed by atoms with van der Waals surface area (Å²) in [5.41, 5.74) is 0. The molecule has 0 bridgehead atoms. The Balaban J connectivity index is 2.98. The monoisotopic (exact) mass is 139 g/mol. The molecule has 0 spiro atoms. The molecule has 52 valence electrons. The molecule has 0 atom stereocenters. The van der Waals surface area contributed by atoms with E-state index >= 15 is 0 Å². The van der Waals surface area contributed by atoms with Crippen LogP contribution in [0.3, 0.4) is 0 Å². The first-order valence-electron chi connectivity index (χ1n) is 2.56. The Bertz CT molecular complexity index is 266. The number of hydrogen-bond acceptors (Lipinski definition) is 3. The molecule has 1 aromatic rings. The molecule has 0 radical (unpaired) electrons. The van der Waals surface area contributed by atoms with Gasteiger partial charge in [0.25, 0.3) is 0 Å². The predicted octanol–water partition coefficient (Wildman–Crippen LogP) is 0.892. The average molecular weight is 139 g/mol. The van der Waals surface area contributed by atoms with E-state index in [0.717, 1.165) is 0 Å². The second-order valence-electron chi connectivity index (χ2n) is 1.59. The Kier molecular flexibility index (Phi) is 1.49. The normalized spacial score (nSPS) is 9.20. The summed E-state index contributed by atoms with van der Waals surface area (Å²) < 4.78 is 1.28. The van der Waals surface area contributed by atoms with Gasteiger partial charge in [-0.3, -0.25) is 0 Å². The zero-order valence-electron chi connectivity index (χ0n) is 5.10. The summed E-state index contributed by atoms with van der Waals surface area (Å²) in [5.74, 6) is -0.167. The van der Waals surface area contributed by atoms with Crippen LogP contribution in [0.25, 0.3) is 6.20 Å². The van der Waals surface area contributed by atoms with E-state index in [1.54, 1.807) is 0 Å². The second kappa shape index (κ2) is 2.30. The number of rotatable bonds is 2. The van der Waals surface area contributed by atoms with Gasteiger partial charge in [-0.05, 0) is 4.92 Å². The fraction of sp³-hybridized carbons (Fsp3) is 0. The highest BCUT2D eigenvalue weighted by molar-refractivity contribution is 5.22. The first-order valence-corrected chi connectivity index (χ1v) is 2.56. The molecule has 0 aliphatic carbocycles. The summed E-state index contributed by atoms with van der Waals surface area (Å²) in [6.45, 7) is 3.38. The molecule has 0 amide bonds. The van der Waals surface area contributed by atoms with Crippen molar-refractivity contribution in [3.8, 4) is 0 Å². The van der Waals surface area contributed by atoms with Crippen molar-refractivity contribution >= 4 is 12.0 Å². The minimum absolute atomic E-state index is 0.167. The van der Waals surface area contributed by atoms with Gasteiger partial charge in [0.2, 0.25) is 0 Å². The molecule has 0 aromatic carbocycles. The Hall–Kier alpha value is -1.65. The van der Waals surface area contributed by atoms with Gasteiger partial charge in [-0.15, -0.1) is 0 Å². The minimum atomic E-state index is -0.556. The van der Waals surface area contributed by atoms with Crippen LogP contribution in [0.4, 0.5) is 5.82 Å². The smallest absolute Gasteiger partial charge is 0.358 e. The van der Waals surface area contributed by atoms with Gasteiger partial charge in [-0.1, -0.05) is 6.58 Å². The quantitative estimate of drug-likeness (QED) is 0.451. The van der Waals surface area contributed by atoms with E-state index in [4.69, 9.17) is 0 Å². The van der Waals surface area contributed by atoms with Gasteiger partial charge < -0.3 is 10.1 Å². The van der Waals surface area contributed by atoms with Crippen LogP contribution in [0.1, 0.15) is 0 Å². The molecule has 1 rings (SSSR count). The van der Waals surface area contributed by atoms with Crippen molar-refractivity contribution in [1.29, 1.82) is 0 Å². The lowest BCUT2D eigenvalue weighted by Crippen LogP contribution is -1.90. The molecule has 0 fully saturated rings. The maximum absolute atomic E-state index is 10.0. The lowest BCUT2D eigenvalue weighted by atomic mass is 10.7. The number of aromatic nitrogens is 2. The molecular formula is C5H5N3O2. The predicted molar refractivity (Wildman–Crippen MR) is 35.3 cm³/mol. The zero-order chi connectivity index (χ0) is 7.56. The van der Waals surface area contributed by atoms with Crippen molar-refractivity contribution in [2.75, 3.05) is 0 Å². The van der Waals surface area contributed by atoms with E-state index in [2.05, 4.69) is 11.7 Å². The van der Waals surface area contributed by atoms with Crippen molar-refractivity contribution in [2.24, 2.45) is 0 Å². The molecule has 0 unspecified atom stereocenters. The van der Waals surface area contributed by atoms with Gasteiger partial charge in [-0.25, -0.2) is 0 Å². The van der Waals surface area contributed by atoms with Gasteiger partial charge in [0.15, 0.2) is 0 Å². The van der Waals surface area contributed by atoms with Gasteiger partial charge in [-0.2, -0.15) is 4.68 Å². The number of nitro groups is 1. The molecule has 5 nitrogen and oxygen atoms in total. The summed E-state index contributed by atoms with van der Waals surface area (Å²) in [4.78, 5) is 9.47. The van der Waals surface area contributed by atoms with Gasteiger partial charge in [0.05, 0.1) is 17.4 Å². The Morgan fingerprint density at radius 3 is 2.90 bits per heavy atom. The van der Waals surface area contributed by atoms with E-state index in [1.165, 1.54) is 23.1 Å². The highest BCUT2D eigenvalue weighted by atomic mass is 16.6. The molecular weight excluding hydrogens is 134 g/mol. The third-order valence-corrected chi connectivity index (χ3v) is 0.968. The fourth-order valence-corrected chi connectivity index (χ4v) is 0.527. The van der Waals surface area contributed by atoms with Crippen molar-refractivity contribution in [3.63, 3.8) is 0 Å². The Morgan fingerprint density at radius 1 is 1.90 bits per heavy atom. The van der Waals surface area contributed by atoms with Crippen molar-refractivity contribution in [3.05, 3.63) is 29.0 Å². The van der Waals surface area contributed by atoms with Crippen molar-refractivity contribution < 1.29 is 4.92 Å². The average Bonchev–Trinajstić information content (AvgIpc) is 2.34. The molecule has 5 heteroatoms. The molecule has 0 saturated heterocycles. The minimum Gasteiger partial charge on any atom is -0.358 e. The van der Waals surface area contributed by atoms with E-state index in [1.807, 2.05) is 0 Å². The van der Waals surface area contributed by atoms with Crippen LogP contribution in [0, 0.1) is 10.1 Å². The van der Waals surface area contributed by atoms with E-state index in [0.29, 0.717) is 0 Å². The highest BCUT2D eigenvalue weighted by Gasteiger charge is 2.07. The Morgan fingerprint density at radius 2 is 2.60 bits per heavy atom. The summed E-state index contributed by atoms with van der Waals surface area (Å²) in [7, 11) is 0. The first kappa shape index (κ1) is 6.47. The molecule has 0 aliphatic rings. The van der Waals surface area contributed by atoms with Crippen molar-refractivity contribution in [2.45, 2.75) is 0 Å². The maximum Gasteiger partial charge on any atom is 0.390 e. The number of nitrogens with zero attached hydrogens (tertiary/aromatic N) is 3. The topological polar surface area (TPSA) is 61.0 Å². The maximum atomic E-state index is 10.0. The molecule has 0 N–H and O–H groups in total. The van der Waals surface area contributed by atoms with Crippen LogP contribution >= 0.6 is 0 Å². The van der Waals surface area contributed by atoms with Crippen LogP contribution in [-0.2, 0) is 0 Å². The van der Waals surface area contributed by atoms with Crippen LogP contribution < -0.4 is 0 Å². The summed E-state index contributed by atoms with van der Waals surface area (Å²) in [6.07, 6.45) is 2.85. The van der Waals surface area contributed by atoms with Gasteiger partial charge in [0, 0.05) is 6.20 Å². The lowest BCUT2D eigenvalue weighted by Gasteiger charge is -1.82. The standard InChI is InChI=1S/C5H5N3O2/c1-2-7-4-3-5(6-7)8(9)10/h2-4H,1H2. The molecule has 10 heavy (non-hydrogen) atoms. The largest absolute Gasteiger partial charge is 0.390 e. The third-order valence-electron chi connectivity index (χ3n) is 0.968. The van der Waals surface area contributed by atoms with E-state index in [-0.39, 0.29) is 5.82 Å². The van der Waals surface area contributed by atoms with Crippen LogP contribution in [-0.4, -0.2) is 14.7 Å². The van der Waals surface area contributed by atoms with Crippen LogP contribution in [0.2, 0.25) is 0 Å². The lowest BCUT2D eigenvalue weighted by molar-refractivity contribution is -0.389.